The van der Waals surface area contributed by atoms with Gasteiger partial charge in [-0.2, -0.15) is 5.26 Å². The normalized spacial score (nSPS) is 14.3. The zero-order valence-corrected chi connectivity index (χ0v) is 19.0. The third kappa shape index (κ3) is 3.22. The summed E-state index contributed by atoms with van der Waals surface area (Å²) in [5.41, 5.74) is 6.58. The van der Waals surface area contributed by atoms with Crippen LogP contribution in [0.2, 0.25) is 0 Å². The highest BCUT2D eigenvalue weighted by atomic mass is 32.1. The molecule has 160 valence electrons. The highest BCUT2D eigenvalue weighted by Gasteiger charge is 2.37. The van der Waals surface area contributed by atoms with E-state index in [1.54, 1.807) is 11.3 Å². The Kier molecular flexibility index (Phi) is 4.89. The van der Waals surface area contributed by atoms with E-state index < -0.39 is 0 Å². The number of nitriles is 1. The SMILES string of the molecule is CN(CCO)c1ccc2c(c1)C(C)(C)c1cc(/C=C(\C#N)c3nc4ccccc4o3)sc1-2. The lowest BCUT2D eigenvalue weighted by atomic mass is 9.82. The number of oxazole rings is 1. The van der Waals surface area contributed by atoms with E-state index in [0.717, 1.165) is 16.1 Å². The van der Waals surface area contributed by atoms with Crippen molar-refractivity contribution < 1.29 is 9.52 Å². The number of para-hydroxylation sites is 2. The summed E-state index contributed by atoms with van der Waals surface area (Å²) in [5.74, 6) is 0.346. The maximum atomic E-state index is 9.76. The molecule has 0 unspecified atom stereocenters. The first-order chi connectivity index (χ1) is 15.4. The molecule has 0 saturated carbocycles. The number of rotatable bonds is 5. The smallest absolute Gasteiger partial charge is 0.238 e. The highest BCUT2D eigenvalue weighted by Crippen LogP contribution is 2.53. The van der Waals surface area contributed by atoms with Crippen molar-refractivity contribution in [3.63, 3.8) is 0 Å². The zero-order valence-electron chi connectivity index (χ0n) is 18.2. The van der Waals surface area contributed by atoms with E-state index in [2.05, 4.69) is 54.1 Å². The number of benzene rings is 2. The van der Waals surface area contributed by atoms with Crippen molar-refractivity contribution in [1.82, 2.24) is 4.98 Å². The summed E-state index contributed by atoms with van der Waals surface area (Å²) >= 11 is 1.69. The molecule has 4 aromatic rings. The Labute approximate surface area is 190 Å². The summed E-state index contributed by atoms with van der Waals surface area (Å²) in [5, 5.41) is 19.0. The molecule has 0 atom stereocenters. The van der Waals surface area contributed by atoms with Crippen LogP contribution in [0.5, 0.6) is 0 Å². The molecule has 5 nitrogen and oxygen atoms in total. The number of thiophene rings is 1. The minimum absolute atomic E-state index is 0.126. The van der Waals surface area contributed by atoms with Gasteiger partial charge in [0.1, 0.15) is 17.2 Å². The fraction of sp³-hybridized carbons (Fsp3) is 0.231. The van der Waals surface area contributed by atoms with E-state index in [1.165, 1.54) is 21.6 Å². The van der Waals surface area contributed by atoms with Crippen LogP contribution in [-0.2, 0) is 5.41 Å². The van der Waals surface area contributed by atoms with Crippen molar-refractivity contribution in [2.75, 3.05) is 25.1 Å². The van der Waals surface area contributed by atoms with Crippen LogP contribution in [0.25, 0.3) is 33.2 Å². The lowest BCUT2D eigenvalue weighted by Gasteiger charge is -2.24. The molecule has 0 aliphatic heterocycles. The molecule has 1 aliphatic carbocycles. The number of likely N-dealkylation sites (N-methyl/N-ethyl adjacent to an activating group) is 1. The Morgan fingerprint density at radius 1 is 1.22 bits per heavy atom. The molecule has 0 radical (unpaired) electrons. The second kappa shape index (κ2) is 7.63. The van der Waals surface area contributed by atoms with Crippen molar-refractivity contribution in [3.8, 4) is 16.5 Å². The van der Waals surface area contributed by atoms with Gasteiger partial charge in [-0.25, -0.2) is 4.98 Å². The van der Waals surface area contributed by atoms with Crippen LogP contribution < -0.4 is 4.90 Å². The minimum atomic E-state index is -0.145. The van der Waals surface area contributed by atoms with Gasteiger partial charge in [0.15, 0.2) is 5.58 Å². The summed E-state index contributed by atoms with van der Waals surface area (Å²) < 4.78 is 5.80. The number of aliphatic hydroxyl groups is 1. The maximum Gasteiger partial charge on any atom is 0.238 e. The van der Waals surface area contributed by atoms with E-state index in [9.17, 15) is 10.4 Å². The van der Waals surface area contributed by atoms with E-state index in [-0.39, 0.29) is 12.0 Å². The summed E-state index contributed by atoms with van der Waals surface area (Å²) in [6, 6.07) is 18.5. The minimum Gasteiger partial charge on any atom is -0.435 e. The van der Waals surface area contributed by atoms with Crippen LogP contribution in [0.4, 0.5) is 5.69 Å². The maximum absolute atomic E-state index is 9.76. The second-order valence-corrected chi connectivity index (χ2v) is 9.63. The molecule has 2 heterocycles. The molecule has 0 spiro atoms. The average molecular weight is 442 g/mol. The summed E-state index contributed by atoms with van der Waals surface area (Å²) in [4.78, 5) is 8.79. The van der Waals surface area contributed by atoms with E-state index >= 15 is 0 Å². The van der Waals surface area contributed by atoms with E-state index in [1.807, 2.05) is 37.4 Å². The van der Waals surface area contributed by atoms with Crippen LogP contribution in [0.15, 0.2) is 52.9 Å². The number of anilines is 1. The second-order valence-electron chi connectivity index (χ2n) is 8.55. The van der Waals surface area contributed by atoms with Crippen molar-refractivity contribution in [3.05, 3.63) is 70.4 Å². The Bertz CT molecular complexity index is 1370. The summed E-state index contributed by atoms with van der Waals surface area (Å²) in [7, 11) is 1.99. The van der Waals surface area contributed by atoms with E-state index in [4.69, 9.17) is 4.42 Å². The Balaban J connectivity index is 1.54. The number of aromatic nitrogens is 1. The van der Waals surface area contributed by atoms with Gasteiger partial charge >= 0.3 is 0 Å². The Morgan fingerprint density at radius 2 is 2.03 bits per heavy atom. The third-order valence-electron chi connectivity index (χ3n) is 6.15. The van der Waals surface area contributed by atoms with Gasteiger partial charge in [-0.1, -0.05) is 32.0 Å². The number of hydrogen-bond acceptors (Lipinski definition) is 6. The largest absolute Gasteiger partial charge is 0.435 e. The van der Waals surface area contributed by atoms with E-state index in [0.29, 0.717) is 23.6 Å². The molecule has 0 amide bonds. The van der Waals surface area contributed by atoms with Gasteiger partial charge in [-0.15, -0.1) is 11.3 Å². The molecular formula is C26H23N3O2S. The molecule has 1 N–H and O–H groups in total. The molecule has 2 aromatic heterocycles. The number of fused-ring (bicyclic) bond motifs is 4. The lowest BCUT2D eigenvalue weighted by molar-refractivity contribution is 0.304. The van der Waals surface area contributed by atoms with Gasteiger partial charge in [0, 0.05) is 34.4 Å². The molecule has 32 heavy (non-hydrogen) atoms. The van der Waals surface area contributed by atoms with Gasteiger partial charge in [-0.3, -0.25) is 0 Å². The lowest BCUT2D eigenvalue weighted by Crippen LogP contribution is -2.22. The Morgan fingerprint density at radius 3 is 2.78 bits per heavy atom. The number of aliphatic hydroxyl groups excluding tert-OH is 1. The predicted octanol–water partition coefficient (Wildman–Crippen LogP) is 5.69. The fourth-order valence-corrected chi connectivity index (χ4v) is 5.63. The molecule has 0 saturated heterocycles. The first kappa shape index (κ1) is 20.5. The number of hydrogen-bond donors (Lipinski definition) is 1. The van der Waals surface area contributed by atoms with Crippen molar-refractivity contribution in [1.29, 1.82) is 5.26 Å². The van der Waals surface area contributed by atoms with Gasteiger partial charge in [0.2, 0.25) is 5.89 Å². The van der Waals surface area contributed by atoms with Crippen LogP contribution in [0.3, 0.4) is 0 Å². The first-order valence-electron chi connectivity index (χ1n) is 10.5. The summed E-state index contributed by atoms with van der Waals surface area (Å²) in [6.07, 6.45) is 1.87. The average Bonchev–Trinajstić information content (AvgIpc) is 3.46. The highest BCUT2D eigenvalue weighted by molar-refractivity contribution is 7.16. The number of nitrogens with zero attached hydrogens (tertiary/aromatic N) is 3. The Hall–Kier alpha value is -3.40. The van der Waals surface area contributed by atoms with Crippen LogP contribution in [-0.4, -0.2) is 30.3 Å². The van der Waals surface area contributed by atoms with Crippen molar-refractivity contribution >= 4 is 39.8 Å². The molecule has 5 rings (SSSR count). The zero-order chi connectivity index (χ0) is 22.5. The monoisotopic (exact) mass is 441 g/mol. The third-order valence-corrected chi connectivity index (χ3v) is 7.27. The molecular weight excluding hydrogens is 418 g/mol. The quantitative estimate of drug-likeness (QED) is 0.403. The molecule has 0 bridgehead atoms. The van der Waals surface area contributed by atoms with Crippen molar-refractivity contribution in [2.45, 2.75) is 19.3 Å². The van der Waals surface area contributed by atoms with Crippen LogP contribution in [0, 0.1) is 11.3 Å². The van der Waals surface area contributed by atoms with Crippen LogP contribution in [0.1, 0.15) is 35.7 Å². The van der Waals surface area contributed by atoms with Gasteiger partial charge < -0.3 is 14.4 Å². The fourth-order valence-electron chi connectivity index (χ4n) is 4.33. The standard InChI is InChI=1S/C26H23N3O2S/c1-26(2)20-13-17(29(3)10-11-30)8-9-19(20)24-21(26)14-18(32-24)12-16(15-27)25-28-22-6-4-5-7-23(22)31-25/h4-9,12-14,30H,10-11H2,1-3H3/b16-12+. The molecule has 6 heteroatoms. The van der Waals surface area contributed by atoms with Crippen LogP contribution >= 0.6 is 11.3 Å². The number of allylic oxidation sites excluding steroid dienone is 1. The molecule has 1 aliphatic rings. The topological polar surface area (TPSA) is 73.3 Å². The van der Waals surface area contributed by atoms with Gasteiger partial charge in [0.25, 0.3) is 0 Å². The first-order valence-corrected chi connectivity index (χ1v) is 11.3. The van der Waals surface area contributed by atoms with Gasteiger partial charge in [-0.05, 0) is 53.1 Å². The summed E-state index contributed by atoms with van der Waals surface area (Å²) in [6.45, 7) is 5.20. The predicted molar refractivity (Wildman–Crippen MR) is 130 cm³/mol. The molecule has 2 aromatic carbocycles. The van der Waals surface area contributed by atoms with Gasteiger partial charge in [0.05, 0.1) is 6.61 Å². The van der Waals surface area contributed by atoms with Crippen molar-refractivity contribution in [2.24, 2.45) is 0 Å². The molecule has 0 fully saturated rings.